The van der Waals surface area contributed by atoms with E-state index in [1.807, 2.05) is 19.1 Å². The number of hydrogen-bond donors (Lipinski definition) is 3. The Bertz CT molecular complexity index is 693. The molecule has 0 aliphatic rings. The Hall–Kier alpha value is -3.02. The minimum atomic E-state index is -0.303. The molecule has 0 aliphatic heterocycles. The van der Waals surface area contributed by atoms with Gasteiger partial charge in [0.15, 0.2) is 5.76 Å². The minimum absolute atomic E-state index is 0.0942. The van der Waals surface area contributed by atoms with Gasteiger partial charge in [-0.3, -0.25) is 4.79 Å². The summed E-state index contributed by atoms with van der Waals surface area (Å²) in [7, 11) is 0. The summed E-state index contributed by atoms with van der Waals surface area (Å²) in [4.78, 5) is 23.8. The third kappa shape index (κ3) is 5.84. The molecule has 0 bridgehead atoms. The van der Waals surface area contributed by atoms with E-state index in [0.717, 1.165) is 18.4 Å². The van der Waals surface area contributed by atoms with Gasteiger partial charge < -0.3 is 20.4 Å². The highest BCUT2D eigenvalue weighted by molar-refractivity contribution is 6.02. The SMILES string of the molecule is C=CC[C@H](CC)NC(=O)NCc1ccc(NC(=O)c2ccco2)cc1. The predicted molar refractivity (Wildman–Crippen MR) is 97.4 cm³/mol. The second kappa shape index (κ2) is 9.32. The summed E-state index contributed by atoms with van der Waals surface area (Å²) in [5.74, 6) is -0.0458. The van der Waals surface area contributed by atoms with Gasteiger partial charge in [0.25, 0.3) is 5.91 Å². The maximum Gasteiger partial charge on any atom is 0.315 e. The summed E-state index contributed by atoms with van der Waals surface area (Å²) >= 11 is 0. The van der Waals surface area contributed by atoms with Gasteiger partial charge in [0.05, 0.1) is 6.26 Å². The van der Waals surface area contributed by atoms with Crippen molar-refractivity contribution in [2.24, 2.45) is 0 Å². The molecule has 1 heterocycles. The summed E-state index contributed by atoms with van der Waals surface area (Å²) in [5.41, 5.74) is 1.59. The van der Waals surface area contributed by atoms with Gasteiger partial charge in [-0.25, -0.2) is 4.79 Å². The molecule has 1 aromatic carbocycles. The largest absolute Gasteiger partial charge is 0.459 e. The van der Waals surface area contributed by atoms with Gasteiger partial charge >= 0.3 is 6.03 Å². The third-order valence-corrected chi connectivity index (χ3v) is 3.69. The van der Waals surface area contributed by atoms with Crippen LogP contribution in [-0.4, -0.2) is 18.0 Å². The Morgan fingerprint density at radius 1 is 1.24 bits per heavy atom. The number of hydrogen-bond acceptors (Lipinski definition) is 3. The van der Waals surface area contributed by atoms with Crippen molar-refractivity contribution >= 4 is 17.6 Å². The van der Waals surface area contributed by atoms with Gasteiger partial charge in [0, 0.05) is 18.3 Å². The Kier molecular flexibility index (Phi) is 6.83. The number of carbonyl (C=O) groups excluding carboxylic acids is 2. The van der Waals surface area contributed by atoms with Gasteiger partial charge in [-0.05, 0) is 42.7 Å². The lowest BCUT2D eigenvalue weighted by molar-refractivity contribution is 0.0996. The van der Waals surface area contributed by atoms with E-state index in [0.29, 0.717) is 12.2 Å². The molecule has 0 saturated heterocycles. The molecule has 2 aromatic rings. The van der Waals surface area contributed by atoms with Crippen LogP contribution >= 0.6 is 0 Å². The zero-order valence-corrected chi connectivity index (χ0v) is 14.2. The fourth-order valence-corrected chi connectivity index (χ4v) is 2.25. The van der Waals surface area contributed by atoms with Gasteiger partial charge in [0.2, 0.25) is 0 Å². The zero-order chi connectivity index (χ0) is 18.1. The third-order valence-electron chi connectivity index (χ3n) is 3.69. The summed E-state index contributed by atoms with van der Waals surface area (Å²) in [6, 6.07) is 10.4. The van der Waals surface area contributed by atoms with E-state index in [1.54, 1.807) is 30.3 Å². The average molecular weight is 341 g/mol. The molecule has 3 amide bonds. The van der Waals surface area contributed by atoms with E-state index in [4.69, 9.17) is 4.42 Å². The van der Waals surface area contributed by atoms with Crippen LogP contribution in [0.5, 0.6) is 0 Å². The molecule has 2 rings (SSSR count). The molecule has 3 N–H and O–H groups in total. The predicted octanol–water partition coefficient (Wildman–Crippen LogP) is 3.69. The van der Waals surface area contributed by atoms with Crippen molar-refractivity contribution in [3.8, 4) is 0 Å². The van der Waals surface area contributed by atoms with Crippen LogP contribution < -0.4 is 16.0 Å². The number of benzene rings is 1. The molecule has 0 saturated carbocycles. The molecule has 0 aliphatic carbocycles. The molecule has 0 fully saturated rings. The highest BCUT2D eigenvalue weighted by Gasteiger charge is 2.09. The van der Waals surface area contributed by atoms with Crippen LogP contribution in [0, 0.1) is 0 Å². The number of nitrogens with one attached hydrogen (secondary N) is 3. The van der Waals surface area contributed by atoms with Crippen LogP contribution in [0.15, 0.2) is 59.7 Å². The Balaban J connectivity index is 1.81. The Morgan fingerprint density at radius 2 is 2.00 bits per heavy atom. The van der Waals surface area contributed by atoms with E-state index >= 15 is 0 Å². The molecule has 1 atom stereocenters. The van der Waals surface area contributed by atoms with E-state index in [2.05, 4.69) is 22.5 Å². The topological polar surface area (TPSA) is 83.4 Å². The van der Waals surface area contributed by atoms with Crippen LogP contribution in [-0.2, 0) is 6.54 Å². The minimum Gasteiger partial charge on any atom is -0.459 e. The average Bonchev–Trinajstić information content (AvgIpc) is 3.15. The molecule has 6 heteroatoms. The highest BCUT2D eigenvalue weighted by Crippen LogP contribution is 2.11. The molecule has 25 heavy (non-hydrogen) atoms. The van der Waals surface area contributed by atoms with Gasteiger partial charge in [-0.1, -0.05) is 25.1 Å². The first-order valence-corrected chi connectivity index (χ1v) is 8.21. The fourth-order valence-electron chi connectivity index (χ4n) is 2.25. The van der Waals surface area contributed by atoms with Crippen molar-refractivity contribution in [1.29, 1.82) is 0 Å². The lowest BCUT2D eigenvalue weighted by Crippen LogP contribution is -2.41. The maximum atomic E-state index is 11.9. The van der Waals surface area contributed by atoms with Crippen LogP contribution in [0.4, 0.5) is 10.5 Å². The molecule has 132 valence electrons. The number of urea groups is 1. The number of amides is 3. The molecular formula is C19H23N3O3. The Labute approximate surface area is 147 Å². The summed E-state index contributed by atoms with van der Waals surface area (Å²) in [5, 5.41) is 8.46. The number of rotatable bonds is 8. The molecular weight excluding hydrogens is 318 g/mol. The van der Waals surface area contributed by atoms with Gasteiger partial charge in [-0.2, -0.15) is 0 Å². The molecule has 1 aromatic heterocycles. The normalized spacial score (nSPS) is 11.4. The first-order valence-electron chi connectivity index (χ1n) is 8.21. The van der Waals surface area contributed by atoms with Crippen LogP contribution in [0.2, 0.25) is 0 Å². The Morgan fingerprint density at radius 3 is 2.60 bits per heavy atom. The first kappa shape index (κ1) is 18.3. The van der Waals surface area contributed by atoms with Crippen molar-refractivity contribution in [2.75, 3.05) is 5.32 Å². The van der Waals surface area contributed by atoms with E-state index in [9.17, 15) is 9.59 Å². The lowest BCUT2D eigenvalue weighted by Gasteiger charge is -2.15. The summed E-state index contributed by atoms with van der Waals surface area (Å²) in [6.07, 6.45) is 4.84. The van der Waals surface area contributed by atoms with E-state index < -0.39 is 0 Å². The number of carbonyl (C=O) groups is 2. The van der Waals surface area contributed by atoms with Crippen LogP contribution in [0.3, 0.4) is 0 Å². The molecule has 6 nitrogen and oxygen atoms in total. The highest BCUT2D eigenvalue weighted by atomic mass is 16.3. The summed E-state index contributed by atoms with van der Waals surface area (Å²) in [6.45, 7) is 6.11. The molecule has 0 unspecified atom stereocenters. The quantitative estimate of drug-likeness (QED) is 0.640. The zero-order valence-electron chi connectivity index (χ0n) is 14.2. The smallest absolute Gasteiger partial charge is 0.315 e. The van der Waals surface area contributed by atoms with Crippen LogP contribution in [0.1, 0.15) is 35.9 Å². The monoisotopic (exact) mass is 341 g/mol. The first-order chi connectivity index (χ1) is 12.1. The van der Waals surface area contributed by atoms with Crippen molar-refractivity contribution in [3.63, 3.8) is 0 Å². The number of anilines is 1. The van der Waals surface area contributed by atoms with Gasteiger partial charge in [-0.15, -0.1) is 6.58 Å². The van der Waals surface area contributed by atoms with Crippen LogP contribution in [0.25, 0.3) is 0 Å². The lowest BCUT2D eigenvalue weighted by atomic mass is 10.1. The van der Waals surface area contributed by atoms with E-state index in [-0.39, 0.29) is 23.7 Å². The fraction of sp³-hybridized carbons (Fsp3) is 0.263. The van der Waals surface area contributed by atoms with Crippen molar-refractivity contribution < 1.29 is 14.0 Å². The second-order valence-corrected chi connectivity index (χ2v) is 5.58. The second-order valence-electron chi connectivity index (χ2n) is 5.58. The van der Waals surface area contributed by atoms with Crippen molar-refractivity contribution in [1.82, 2.24) is 10.6 Å². The van der Waals surface area contributed by atoms with Gasteiger partial charge in [0.1, 0.15) is 0 Å². The standard InChI is InChI=1S/C19H23N3O3/c1-3-6-15(4-2)22-19(24)20-13-14-8-10-16(11-9-14)21-18(23)17-7-5-12-25-17/h3,5,7-12,15H,1,4,6,13H2,2H3,(H,21,23)(H2,20,22,24)/t15-/m0/s1. The number of furan rings is 1. The van der Waals surface area contributed by atoms with Crippen molar-refractivity contribution in [3.05, 3.63) is 66.6 Å². The maximum absolute atomic E-state index is 11.9. The molecule has 0 spiro atoms. The molecule has 0 radical (unpaired) electrons. The summed E-state index contributed by atoms with van der Waals surface area (Å²) < 4.78 is 5.04. The van der Waals surface area contributed by atoms with E-state index in [1.165, 1.54) is 6.26 Å². The van der Waals surface area contributed by atoms with Crippen molar-refractivity contribution in [2.45, 2.75) is 32.4 Å².